The zero-order valence-electron chi connectivity index (χ0n) is 10.5. The first-order chi connectivity index (χ1) is 9.10. The van der Waals surface area contributed by atoms with Gasteiger partial charge in [-0.2, -0.15) is 0 Å². The number of hydrogen-bond acceptors (Lipinski definition) is 4. The number of halogens is 2. The number of hydrazine groups is 1. The highest BCUT2D eigenvalue weighted by molar-refractivity contribution is 9.10. The van der Waals surface area contributed by atoms with Crippen molar-refractivity contribution in [2.45, 2.75) is 25.8 Å². The summed E-state index contributed by atoms with van der Waals surface area (Å²) in [6, 6.07) is 5.06. The van der Waals surface area contributed by atoms with Crippen molar-refractivity contribution < 1.29 is 4.39 Å². The highest BCUT2D eigenvalue weighted by atomic mass is 79.9. The summed E-state index contributed by atoms with van der Waals surface area (Å²) in [5.41, 5.74) is 4.69. The lowest BCUT2D eigenvalue weighted by Crippen LogP contribution is -2.38. The van der Waals surface area contributed by atoms with E-state index in [0.29, 0.717) is 10.9 Å². The first kappa shape index (κ1) is 14.6. The van der Waals surface area contributed by atoms with Gasteiger partial charge < -0.3 is 0 Å². The molecule has 1 aromatic carbocycles. The second-order valence-corrected chi connectivity index (χ2v) is 6.20. The van der Waals surface area contributed by atoms with Gasteiger partial charge in [-0.05, 0) is 40.9 Å². The first-order valence-corrected chi connectivity index (χ1v) is 7.57. The summed E-state index contributed by atoms with van der Waals surface area (Å²) in [7, 11) is 0. The van der Waals surface area contributed by atoms with Crippen LogP contribution in [-0.4, -0.2) is 11.0 Å². The fraction of sp³-hybridized carbons (Fsp3) is 0.308. The topological polar surface area (TPSA) is 50.9 Å². The number of nitrogens with one attached hydrogen (secondary N) is 1. The molecular formula is C13H15BrFN3S. The van der Waals surface area contributed by atoms with Crippen LogP contribution >= 0.6 is 27.3 Å². The molecule has 6 heteroatoms. The number of nitrogens with two attached hydrogens (primary N) is 1. The van der Waals surface area contributed by atoms with Crippen molar-refractivity contribution in [3.8, 4) is 0 Å². The smallest absolute Gasteiger partial charge is 0.137 e. The summed E-state index contributed by atoms with van der Waals surface area (Å²) in [5, 5.41) is 3.07. The van der Waals surface area contributed by atoms with Gasteiger partial charge in [0, 0.05) is 17.8 Å². The van der Waals surface area contributed by atoms with Crippen LogP contribution in [0.2, 0.25) is 0 Å². The molecule has 3 N–H and O–H groups in total. The Morgan fingerprint density at radius 3 is 2.89 bits per heavy atom. The van der Waals surface area contributed by atoms with Gasteiger partial charge in [0.05, 0.1) is 15.2 Å². The third-order valence-electron chi connectivity index (χ3n) is 2.86. The number of aromatic nitrogens is 1. The van der Waals surface area contributed by atoms with Gasteiger partial charge >= 0.3 is 0 Å². The van der Waals surface area contributed by atoms with Crippen LogP contribution in [0.4, 0.5) is 4.39 Å². The minimum atomic E-state index is -0.252. The van der Waals surface area contributed by atoms with Gasteiger partial charge in [0.2, 0.25) is 0 Å². The van der Waals surface area contributed by atoms with Crippen molar-refractivity contribution in [2.24, 2.45) is 5.84 Å². The maximum Gasteiger partial charge on any atom is 0.137 e. The maximum absolute atomic E-state index is 13.5. The molecule has 1 heterocycles. The van der Waals surface area contributed by atoms with Crippen molar-refractivity contribution >= 4 is 27.3 Å². The maximum atomic E-state index is 13.5. The molecule has 2 aromatic rings. The van der Waals surface area contributed by atoms with E-state index < -0.39 is 0 Å². The van der Waals surface area contributed by atoms with Gasteiger partial charge in [-0.3, -0.25) is 11.3 Å². The number of benzene rings is 1. The van der Waals surface area contributed by atoms with Crippen molar-refractivity contribution in [1.29, 1.82) is 0 Å². The van der Waals surface area contributed by atoms with E-state index in [2.05, 4.69) is 26.3 Å². The Balaban J connectivity index is 2.08. The lowest BCUT2D eigenvalue weighted by molar-refractivity contribution is 0.515. The zero-order chi connectivity index (χ0) is 13.8. The van der Waals surface area contributed by atoms with Gasteiger partial charge in [-0.25, -0.2) is 9.37 Å². The van der Waals surface area contributed by atoms with E-state index in [9.17, 15) is 4.39 Å². The second-order valence-electron chi connectivity index (χ2n) is 4.34. The Labute approximate surface area is 124 Å². The average molecular weight is 344 g/mol. The minimum Gasteiger partial charge on any atom is -0.271 e. The average Bonchev–Trinajstić information content (AvgIpc) is 2.79. The fourth-order valence-electron chi connectivity index (χ4n) is 1.92. The molecule has 0 aliphatic carbocycles. The van der Waals surface area contributed by atoms with Crippen LogP contribution in [0, 0.1) is 12.7 Å². The summed E-state index contributed by atoms with van der Waals surface area (Å²) in [4.78, 5) is 4.42. The number of thiazole rings is 1. The standard InChI is InChI=1S/C13H15BrFN3S/c1-8-17-11(7-19-8)6-10(18-16)5-9-3-2-4-12(15)13(9)14/h2-4,7,10,18H,5-6,16H2,1H3. The molecule has 0 saturated carbocycles. The van der Waals surface area contributed by atoms with E-state index in [1.165, 1.54) is 6.07 Å². The van der Waals surface area contributed by atoms with Gasteiger partial charge in [-0.1, -0.05) is 12.1 Å². The molecule has 0 aliphatic heterocycles. The summed E-state index contributed by atoms with van der Waals surface area (Å²) in [5.74, 6) is 5.33. The molecule has 2 rings (SSSR count). The SMILES string of the molecule is Cc1nc(CC(Cc2cccc(F)c2Br)NN)cs1. The van der Waals surface area contributed by atoms with E-state index >= 15 is 0 Å². The fourth-order valence-corrected chi connectivity index (χ4v) is 2.97. The van der Waals surface area contributed by atoms with Crippen LogP contribution < -0.4 is 11.3 Å². The Morgan fingerprint density at radius 2 is 2.26 bits per heavy atom. The van der Waals surface area contributed by atoms with Gasteiger partial charge in [0.1, 0.15) is 5.82 Å². The number of nitrogens with zero attached hydrogens (tertiary/aromatic N) is 1. The van der Waals surface area contributed by atoms with Crippen LogP contribution in [0.25, 0.3) is 0 Å². The molecule has 1 aromatic heterocycles. The zero-order valence-corrected chi connectivity index (χ0v) is 12.9. The molecule has 102 valence electrons. The molecule has 1 atom stereocenters. The number of hydrogen-bond donors (Lipinski definition) is 2. The molecule has 1 unspecified atom stereocenters. The monoisotopic (exact) mass is 343 g/mol. The lowest BCUT2D eigenvalue weighted by atomic mass is 10.0. The number of aryl methyl sites for hydroxylation is 1. The first-order valence-electron chi connectivity index (χ1n) is 5.90. The largest absolute Gasteiger partial charge is 0.271 e. The second kappa shape index (κ2) is 6.56. The Kier molecular flexibility index (Phi) is 5.04. The van der Waals surface area contributed by atoms with Gasteiger partial charge in [0.15, 0.2) is 0 Å². The highest BCUT2D eigenvalue weighted by Gasteiger charge is 2.14. The summed E-state index contributed by atoms with van der Waals surface area (Å²) < 4.78 is 14.0. The molecule has 0 radical (unpaired) electrons. The summed E-state index contributed by atoms with van der Waals surface area (Å²) in [6.07, 6.45) is 1.37. The van der Waals surface area contributed by atoms with Crippen molar-refractivity contribution in [3.05, 3.63) is 50.1 Å². The lowest BCUT2D eigenvalue weighted by Gasteiger charge is -2.15. The molecule has 0 bridgehead atoms. The van der Waals surface area contributed by atoms with E-state index in [1.807, 2.05) is 18.4 Å². The summed E-state index contributed by atoms with van der Waals surface area (Å²) >= 11 is 4.89. The molecule has 0 fully saturated rings. The van der Waals surface area contributed by atoms with Crippen molar-refractivity contribution in [1.82, 2.24) is 10.4 Å². The van der Waals surface area contributed by atoms with E-state index in [1.54, 1.807) is 17.4 Å². The van der Waals surface area contributed by atoms with Crippen LogP contribution in [0.5, 0.6) is 0 Å². The van der Waals surface area contributed by atoms with Gasteiger partial charge in [-0.15, -0.1) is 11.3 Å². The molecule has 3 nitrogen and oxygen atoms in total. The predicted molar refractivity (Wildman–Crippen MR) is 79.5 cm³/mol. The Bertz CT molecular complexity index is 559. The van der Waals surface area contributed by atoms with Crippen LogP contribution in [0.1, 0.15) is 16.3 Å². The third kappa shape index (κ3) is 3.82. The molecule has 0 aliphatic rings. The van der Waals surface area contributed by atoms with Crippen molar-refractivity contribution in [3.63, 3.8) is 0 Å². The molecule has 0 amide bonds. The molecule has 19 heavy (non-hydrogen) atoms. The van der Waals surface area contributed by atoms with Crippen LogP contribution in [-0.2, 0) is 12.8 Å². The number of rotatable bonds is 5. The van der Waals surface area contributed by atoms with E-state index in [4.69, 9.17) is 5.84 Å². The summed E-state index contributed by atoms with van der Waals surface area (Å²) in [6.45, 7) is 1.97. The van der Waals surface area contributed by atoms with Gasteiger partial charge in [0.25, 0.3) is 0 Å². The third-order valence-corrected chi connectivity index (χ3v) is 4.57. The highest BCUT2D eigenvalue weighted by Crippen LogP contribution is 2.22. The Morgan fingerprint density at radius 1 is 1.47 bits per heavy atom. The van der Waals surface area contributed by atoms with Crippen LogP contribution in [0.3, 0.4) is 0 Å². The van der Waals surface area contributed by atoms with Crippen molar-refractivity contribution in [2.75, 3.05) is 0 Å². The van der Waals surface area contributed by atoms with E-state index in [-0.39, 0.29) is 11.9 Å². The predicted octanol–water partition coefficient (Wildman–Crippen LogP) is 2.97. The minimum absolute atomic E-state index is 0.0274. The molecule has 0 spiro atoms. The molecular weight excluding hydrogens is 329 g/mol. The van der Waals surface area contributed by atoms with E-state index in [0.717, 1.165) is 22.7 Å². The normalized spacial score (nSPS) is 12.6. The van der Waals surface area contributed by atoms with Crippen LogP contribution in [0.15, 0.2) is 28.1 Å². The molecule has 0 saturated heterocycles. The quantitative estimate of drug-likeness (QED) is 0.648. The Hall–Kier alpha value is -0.820.